The fourth-order valence-corrected chi connectivity index (χ4v) is 4.13. The first-order valence-corrected chi connectivity index (χ1v) is 11.0. The molecule has 1 aromatic heterocycles. The van der Waals surface area contributed by atoms with Crippen LogP contribution in [0.25, 0.3) is 0 Å². The van der Waals surface area contributed by atoms with E-state index in [-0.39, 0.29) is 23.8 Å². The molecular formula is C20H27FN4O3S. The van der Waals surface area contributed by atoms with E-state index in [0.717, 1.165) is 34.0 Å². The molecule has 2 aromatic rings. The van der Waals surface area contributed by atoms with Crippen LogP contribution >= 0.6 is 0 Å². The number of hydrogen-bond donors (Lipinski definition) is 2. The molecule has 7 nitrogen and oxygen atoms in total. The molecule has 1 fully saturated rings. The van der Waals surface area contributed by atoms with E-state index in [1.807, 2.05) is 32.0 Å². The van der Waals surface area contributed by atoms with Crippen molar-refractivity contribution in [3.8, 4) is 0 Å². The van der Waals surface area contributed by atoms with Gasteiger partial charge in [0.15, 0.2) is 5.82 Å². The number of rotatable bonds is 6. The highest BCUT2D eigenvalue weighted by molar-refractivity contribution is 7.90. The lowest BCUT2D eigenvalue weighted by Crippen LogP contribution is -2.35. The molecule has 2 N–H and O–H groups in total. The first-order chi connectivity index (χ1) is 13.6. The van der Waals surface area contributed by atoms with Crippen molar-refractivity contribution in [1.29, 1.82) is 0 Å². The van der Waals surface area contributed by atoms with Crippen LogP contribution in [0.2, 0.25) is 0 Å². The maximum absolute atomic E-state index is 15.2. The van der Waals surface area contributed by atoms with E-state index in [0.29, 0.717) is 6.42 Å². The molecule has 2 heterocycles. The summed E-state index contributed by atoms with van der Waals surface area (Å²) in [6, 6.07) is 5.76. The summed E-state index contributed by atoms with van der Waals surface area (Å²) in [5.41, 5.74) is 2.22. The number of aryl methyl sites for hydroxylation is 2. The zero-order valence-electron chi connectivity index (χ0n) is 17.1. The zero-order valence-corrected chi connectivity index (χ0v) is 17.9. The summed E-state index contributed by atoms with van der Waals surface area (Å²) in [7, 11) is -1.10. The van der Waals surface area contributed by atoms with Gasteiger partial charge in [-0.05, 0) is 44.4 Å². The van der Waals surface area contributed by atoms with Crippen molar-refractivity contribution >= 4 is 15.9 Å². The van der Waals surface area contributed by atoms with Gasteiger partial charge in [0.05, 0.1) is 11.9 Å². The SMILES string of the molecule is Cc1ccc(Cc2c(NS(=O)(=O)N(C)C)cn(C3CCCN3)c(=O)c2F)c(C)c1. The number of pyridine rings is 1. The smallest absolute Gasteiger partial charge is 0.297 e. The topological polar surface area (TPSA) is 83.4 Å². The van der Waals surface area contributed by atoms with Crippen LogP contribution in [0.3, 0.4) is 0 Å². The Kier molecular flexibility index (Phi) is 6.11. The first-order valence-electron chi connectivity index (χ1n) is 9.53. The molecule has 0 bridgehead atoms. The summed E-state index contributed by atoms with van der Waals surface area (Å²) >= 11 is 0. The van der Waals surface area contributed by atoms with Gasteiger partial charge in [-0.3, -0.25) is 19.4 Å². The van der Waals surface area contributed by atoms with Crippen LogP contribution in [0.5, 0.6) is 0 Å². The molecule has 29 heavy (non-hydrogen) atoms. The number of nitrogens with zero attached hydrogens (tertiary/aromatic N) is 2. The lowest BCUT2D eigenvalue weighted by molar-refractivity contribution is 0.437. The maximum Gasteiger partial charge on any atom is 0.301 e. The Morgan fingerprint density at radius 3 is 2.62 bits per heavy atom. The van der Waals surface area contributed by atoms with Gasteiger partial charge in [-0.15, -0.1) is 0 Å². The Labute approximate surface area is 170 Å². The lowest BCUT2D eigenvalue weighted by Gasteiger charge is -2.21. The predicted octanol–water partition coefficient (Wildman–Crippen LogP) is 2.30. The van der Waals surface area contributed by atoms with E-state index in [1.54, 1.807) is 0 Å². The highest BCUT2D eigenvalue weighted by Crippen LogP contribution is 2.26. The van der Waals surface area contributed by atoms with Gasteiger partial charge >= 0.3 is 10.2 Å². The molecule has 158 valence electrons. The van der Waals surface area contributed by atoms with Crippen LogP contribution in [0, 0.1) is 19.7 Å². The Balaban J connectivity index is 2.14. The molecule has 1 aliphatic rings. The Morgan fingerprint density at radius 1 is 1.31 bits per heavy atom. The second-order valence-electron chi connectivity index (χ2n) is 7.66. The van der Waals surface area contributed by atoms with Crippen molar-refractivity contribution in [2.45, 2.75) is 39.3 Å². The van der Waals surface area contributed by atoms with Crippen LogP contribution in [-0.4, -0.2) is 37.9 Å². The van der Waals surface area contributed by atoms with E-state index in [9.17, 15) is 13.2 Å². The van der Waals surface area contributed by atoms with E-state index >= 15 is 4.39 Å². The van der Waals surface area contributed by atoms with Gasteiger partial charge in [0.25, 0.3) is 5.56 Å². The molecule has 1 saturated heterocycles. The molecule has 0 amide bonds. The quantitative estimate of drug-likeness (QED) is 0.748. The lowest BCUT2D eigenvalue weighted by atomic mass is 9.98. The van der Waals surface area contributed by atoms with Gasteiger partial charge in [-0.2, -0.15) is 12.7 Å². The van der Waals surface area contributed by atoms with Gasteiger partial charge in [0, 0.05) is 32.3 Å². The summed E-state index contributed by atoms with van der Waals surface area (Å²) in [5, 5.41) is 3.15. The standard InChI is InChI=1S/C20H27FN4O3S/c1-13-7-8-15(14(2)10-13)11-16-17(23-29(27,28)24(3)4)12-25(20(26)19(16)21)18-6-5-9-22-18/h7-8,10,12,18,22-23H,5-6,9,11H2,1-4H3. The zero-order chi connectivity index (χ0) is 21.3. The van der Waals surface area contributed by atoms with Crippen molar-refractivity contribution < 1.29 is 12.8 Å². The third-order valence-electron chi connectivity index (χ3n) is 5.24. The van der Waals surface area contributed by atoms with Gasteiger partial charge in [0.2, 0.25) is 0 Å². The number of halogens is 1. The minimum Gasteiger partial charge on any atom is -0.297 e. The number of hydrogen-bond acceptors (Lipinski definition) is 4. The number of aromatic nitrogens is 1. The number of nitrogens with one attached hydrogen (secondary N) is 2. The van der Waals surface area contributed by atoms with Crippen molar-refractivity contribution in [2.75, 3.05) is 25.4 Å². The molecule has 9 heteroatoms. The summed E-state index contributed by atoms with van der Waals surface area (Å²) in [6.07, 6.45) is 2.71. The average Bonchev–Trinajstić information content (AvgIpc) is 3.17. The van der Waals surface area contributed by atoms with Gasteiger partial charge in [-0.1, -0.05) is 23.8 Å². The summed E-state index contributed by atoms with van der Waals surface area (Å²) < 4.78 is 44.8. The van der Waals surface area contributed by atoms with Gasteiger partial charge in [0.1, 0.15) is 0 Å². The Morgan fingerprint density at radius 2 is 2.03 bits per heavy atom. The third-order valence-corrected chi connectivity index (χ3v) is 6.67. The van der Waals surface area contributed by atoms with Crippen LogP contribution < -0.4 is 15.6 Å². The second-order valence-corrected chi connectivity index (χ2v) is 9.54. The number of anilines is 1. The van der Waals surface area contributed by atoms with Crippen molar-refractivity contribution in [1.82, 2.24) is 14.2 Å². The molecular weight excluding hydrogens is 395 g/mol. The van der Waals surface area contributed by atoms with Crippen molar-refractivity contribution in [2.24, 2.45) is 0 Å². The summed E-state index contributed by atoms with van der Waals surface area (Å²) in [5.74, 6) is -0.933. The molecule has 0 spiro atoms. The molecule has 1 aliphatic heterocycles. The van der Waals surface area contributed by atoms with E-state index in [4.69, 9.17) is 0 Å². The van der Waals surface area contributed by atoms with Crippen LogP contribution in [-0.2, 0) is 16.6 Å². The largest absolute Gasteiger partial charge is 0.301 e. The third kappa shape index (κ3) is 4.52. The van der Waals surface area contributed by atoms with Crippen molar-refractivity contribution in [3.63, 3.8) is 0 Å². The molecule has 0 saturated carbocycles. The normalized spacial score (nSPS) is 17.1. The monoisotopic (exact) mass is 422 g/mol. The van der Waals surface area contributed by atoms with E-state index in [2.05, 4.69) is 10.0 Å². The highest BCUT2D eigenvalue weighted by atomic mass is 32.2. The molecule has 1 aromatic carbocycles. The molecule has 3 rings (SSSR count). The van der Waals surface area contributed by atoms with Crippen LogP contribution in [0.15, 0.2) is 29.2 Å². The van der Waals surface area contributed by atoms with E-state index in [1.165, 1.54) is 24.9 Å². The molecule has 0 radical (unpaired) electrons. The van der Waals surface area contributed by atoms with Crippen LogP contribution in [0.4, 0.5) is 10.1 Å². The average molecular weight is 423 g/mol. The summed E-state index contributed by atoms with van der Waals surface area (Å²) in [6.45, 7) is 4.60. The van der Waals surface area contributed by atoms with Crippen LogP contribution in [0.1, 0.15) is 41.3 Å². The van der Waals surface area contributed by atoms with Crippen molar-refractivity contribution in [3.05, 3.63) is 62.8 Å². The Bertz CT molecular complexity index is 1070. The van der Waals surface area contributed by atoms with E-state index < -0.39 is 21.6 Å². The minimum absolute atomic E-state index is 0.0432. The fourth-order valence-electron chi connectivity index (χ4n) is 3.50. The minimum atomic E-state index is -3.87. The Hall–Kier alpha value is -2.23. The summed E-state index contributed by atoms with van der Waals surface area (Å²) in [4.78, 5) is 12.7. The maximum atomic E-state index is 15.2. The predicted molar refractivity (Wildman–Crippen MR) is 112 cm³/mol. The van der Waals surface area contributed by atoms with Gasteiger partial charge < -0.3 is 0 Å². The molecule has 0 aliphatic carbocycles. The highest BCUT2D eigenvalue weighted by Gasteiger charge is 2.25. The first kappa shape index (κ1) is 21.5. The molecule has 1 unspecified atom stereocenters. The number of benzene rings is 1. The molecule has 1 atom stereocenters. The fraction of sp³-hybridized carbons (Fsp3) is 0.450. The second kappa shape index (κ2) is 8.25. The van der Waals surface area contributed by atoms with Gasteiger partial charge in [-0.25, -0.2) is 4.39 Å².